The fraction of sp³-hybridized carbons (Fsp3) is 0.176. The number of hydrogen-bond acceptors (Lipinski definition) is 2. The van der Waals surface area contributed by atoms with Crippen LogP contribution in [0.1, 0.15) is 23.4 Å². The summed E-state index contributed by atoms with van der Waals surface area (Å²) in [7, 11) is 0. The summed E-state index contributed by atoms with van der Waals surface area (Å²) in [6, 6.07) is 13.4. The first kappa shape index (κ1) is 14.5. The highest BCUT2D eigenvalue weighted by Gasteiger charge is 2.16. The third-order valence-electron chi connectivity index (χ3n) is 3.60. The number of benzene rings is 2. The van der Waals surface area contributed by atoms with Gasteiger partial charge in [-0.15, -0.1) is 11.3 Å². The van der Waals surface area contributed by atoms with E-state index >= 15 is 0 Å². The van der Waals surface area contributed by atoms with Crippen molar-refractivity contribution < 1.29 is 4.39 Å². The highest BCUT2D eigenvalue weighted by atomic mass is 79.9. The number of rotatable bonds is 3. The van der Waals surface area contributed by atoms with E-state index in [2.05, 4.69) is 53.3 Å². The van der Waals surface area contributed by atoms with Gasteiger partial charge < -0.3 is 5.32 Å². The molecule has 0 amide bonds. The van der Waals surface area contributed by atoms with Gasteiger partial charge in [0.05, 0.1) is 11.7 Å². The van der Waals surface area contributed by atoms with Crippen LogP contribution in [0.3, 0.4) is 0 Å². The first-order chi connectivity index (χ1) is 10.1. The van der Waals surface area contributed by atoms with Crippen LogP contribution in [0.5, 0.6) is 0 Å². The Kier molecular flexibility index (Phi) is 4.00. The van der Waals surface area contributed by atoms with Crippen LogP contribution < -0.4 is 5.32 Å². The molecule has 1 nitrogen and oxygen atoms in total. The van der Waals surface area contributed by atoms with Crippen molar-refractivity contribution in [1.82, 2.24) is 0 Å². The normalized spacial score (nSPS) is 12.6. The van der Waals surface area contributed by atoms with E-state index in [4.69, 9.17) is 0 Å². The minimum absolute atomic E-state index is 0.0515. The van der Waals surface area contributed by atoms with Crippen molar-refractivity contribution in [3.63, 3.8) is 0 Å². The van der Waals surface area contributed by atoms with Gasteiger partial charge in [-0.1, -0.05) is 24.3 Å². The summed E-state index contributed by atoms with van der Waals surface area (Å²) in [5.74, 6) is -0.241. The number of para-hydroxylation sites is 1. The molecule has 1 unspecified atom stereocenters. The van der Waals surface area contributed by atoms with Crippen LogP contribution in [-0.4, -0.2) is 0 Å². The molecule has 0 radical (unpaired) electrons. The van der Waals surface area contributed by atoms with E-state index in [0.717, 1.165) is 4.47 Å². The van der Waals surface area contributed by atoms with Gasteiger partial charge in [0.25, 0.3) is 0 Å². The van der Waals surface area contributed by atoms with Crippen LogP contribution in [0.2, 0.25) is 0 Å². The number of nitrogens with one attached hydrogen (secondary N) is 1. The molecule has 0 spiro atoms. The molecule has 3 rings (SSSR count). The second kappa shape index (κ2) is 5.78. The first-order valence-electron chi connectivity index (χ1n) is 6.76. The van der Waals surface area contributed by atoms with E-state index in [-0.39, 0.29) is 11.9 Å². The average molecular weight is 364 g/mol. The van der Waals surface area contributed by atoms with E-state index in [1.807, 2.05) is 12.1 Å². The van der Waals surface area contributed by atoms with Crippen LogP contribution in [0.4, 0.5) is 10.1 Å². The maximum Gasteiger partial charge on any atom is 0.147 e. The van der Waals surface area contributed by atoms with E-state index in [9.17, 15) is 4.39 Å². The molecule has 2 aromatic carbocycles. The molecule has 1 heterocycles. The second-order valence-corrected chi connectivity index (χ2v) is 6.99. The Morgan fingerprint density at radius 1 is 1.14 bits per heavy atom. The standard InChI is InChI=1S/C17H15BrFNS/c1-10-12-6-3-4-9-15(12)21-17(10)11(2)20-16-13(18)7-5-8-14(16)19/h3-9,11,20H,1-2H3. The molecule has 4 heteroatoms. The van der Waals surface area contributed by atoms with Crippen LogP contribution in [0.25, 0.3) is 10.1 Å². The molecule has 0 fully saturated rings. The van der Waals surface area contributed by atoms with Crippen LogP contribution in [-0.2, 0) is 0 Å². The third kappa shape index (κ3) is 2.70. The summed E-state index contributed by atoms with van der Waals surface area (Å²) in [6.45, 7) is 4.19. The summed E-state index contributed by atoms with van der Waals surface area (Å²) in [6.07, 6.45) is 0. The number of hydrogen-bond donors (Lipinski definition) is 1. The molecule has 3 aromatic rings. The summed E-state index contributed by atoms with van der Waals surface area (Å²) < 4.78 is 16.0. The molecule has 0 saturated heterocycles. The molecular formula is C17H15BrFNS. The lowest BCUT2D eigenvalue weighted by Crippen LogP contribution is -2.08. The Labute approximate surface area is 135 Å². The third-order valence-corrected chi connectivity index (χ3v) is 5.71. The molecule has 0 bridgehead atoms. The molecule has 21 heavy (non-hydrogen) atoms. The average Bonchev–Trinajstić information content (AvgIpc) is 2.81. The zero-order chi connectivity index (χ0) is 15.0. The Morgan fingerprint density at radius 2 is 1.90 bits per heavy atom. The molecule has 1 N–H and O–H groups in total. The lowest BCUT2D eigenvalue weighted by Gasteiger charge is -2.17. The number of aryl methyl sites for hydroxylation is 1. The lowest BCUT2D eigenvalue weighted by atomic mass is 10.1. The van der Waals surface area contributed by atoms with Crippen molar-refractivity contribution in [3.8, 4) is 0 Å². The van der Waals surface area contributed by atoms with Crippen LogP contribution in [0.15, 0.2) is 46.9 Å². The minimum atomic E-state index is -0.241. The molecule has 0 aliphatic heterocycles. The van der Waals surface area contributed by atoms with Gasteiger partial charge in [0.15, 0.2) is 0 Å². The topological polar surface area (TPSA) is 12.0 Å². The monoisotopic (exact) mass is 363 g/mol. The van der Waals surface area contributed by atoms with E-state index in [0.29, 0.717) is 5.69 Å². The van der Waals surface area contributed by atoms with Gasteiger partial charge in [-0.05, 0) is 58.9 Å². The summed E-state index contributed by atoms with van der Waals surface area (Å²) >= 11 is 5.16. The van der Waals surface area contributed by atoms with Crippen molar-refractivity contribution in [1.29, 1.82) is 0 Å². The number of halogens is 2. The SMILES string of the molecule is Cc1c(C(C)Nc2c(F)cccc2Br)sc2ccccc12. The highest BCUT2D eigenvalue weighted by Crippen LogP contribution is 2.37. The fourth-order valence-corrected chi connectivity index (χ4v) is 4.19. The first-order valence-corrected chi connectivity index (χ1v) is 8.37. The number of thiophene rings is 1. The minimum Gasteiger partial charge on any atom is -0.374 e. The van der Waals surface area contributed by atoms with Gasteiger partial charge in [-0.25, -0.2) is 4.39 Å². The van der Waals surface area contributed by atoms with Crippen LogP contribution in [0, 0.1) is 12.7 Å². The molecule has 0 aliphatic carbocycles. The highest BCUT2D eigenvalue weighted by molar-refractivity contribution is 9.10. The predicted octanol–water partition coefficient (Wildman–Crippen LogP) is 6.28. The zero-order valence-corrected chi connectivity index (χ0v) is 14.2. The maximum absolute atomic E-state index is 13.9. The number of anilines is 1. The quantitative estimate of drug-likeness (QED) is 0.576. The molecular weight excluding hydrogens is 349 g/mol. The van der Waals surface area contributed by atoms with E-state index in [1.165, 1.54) is 26.6 Å². The van der Waals surface area contributed by atoms with E-state index < -0.39 is 0 Å². The molecule has 108 valence electrons. The van der Waals surface area contributed by atoms with Crippen LogP contribution >= 0.6 is 27.3 Å². The van der Waals surface area contributed by atoms with Crippen molar-refractivity contribution >= 4 is 43.0 Å². The van der Waals surface area contributed by atoms with Gasteiger partial charge in [0.1, 0.15) is 5.82 Å². The van der Waals surface area contributed by atoms with Gasteiger partial charge in [0.2, 0.25) is 0 Å². The molecule has 1 aromatic heterocycles. The maximum atomic E-state index is 13.9. The Hall–Kier alpha value is -1.39. The largest absolute Gasteiger partial charge is 0.374 e. The second-order valence-electron chi connectivity index (χ2n) is 5.05. The predicted molar refractivity (Wildman–Crippen MR) is 92.7 cm³/mol. The van der Waals surface area contributed by atoms with Crippen molar-refractivity contribution in [2.45, 2.75) is 19.9 Å². The zero-order valence-electron chi connectivity index (χ0n) is 11.8. The molecule has 0 saturated carbocycles. The summed E-state index contributed by atoms with van der Waals surface area (Å²) in [4.78, 5) is 1.24. The summed E-state index contributed by atoms with van der Waals surface area (Å²) in [5.41, 5.74) is 1.78. The van der Waals surface area contributed by atoms with Crippen molar-refractivity contribution in [3.05, 3.63) is 63.2 Å². The fourth-order valence-electron chi connectivity index (χ4n) is 2.52. The summed E-state index contributed by atoms with van der Waals surface area (Å²) in [5, 5.41) is 4.56. The molecule has 1 atom stereocenters. The Bertz CT molecular complexity index is 776. The van der Waals surface area contributed by atoms with Gasteiger partial charge in [0, 0.05) is 14.0 Å². The molecule has 0 aliphatic rings. The Balaban J connectivity index is 1.97. The van der Waals surface area contributed by atoms with Gasteiger partial charge >= 0.3 is 0 Å². The van der Waals surface area contributed by atoms with Gasteiger partial charge in [-0.2, -0.15) is 0 Å². The lowest BCUT2D eigenvalue weighted by molar-refractivity contribution is 0.627. The van der Waals surface area contributed by atoms with Crippen molar-refractivity contribution in [2.75, 3.05) is 5.32 Å². The van der Waals surface area contributed by atoms with E-state index in [1.54, 1.807) is 17.4 Å². The Morgan fingerprint density at radius 3 is 2.62 bits per heavy atom. The smallest absolute Gasteiger partial charge is 0.147 e. The van der Waals surface area contributed by atoms with Gasteiger partial charge in [-0.3, -0.25) is 0 Å². The van der Waals surface area contributed by atoms with Crippen molar-refractivity contribution in [2.24, 2.45) is 0 Å². The number of fused-ring (bicyclic) bond motifs is 1.